The Kier molecular flexibility index (Phi) is 4.82. The number of amides is 1. The smallest absolute Gasteiger partial charge is 0.239 e. The third-order valence-electron chi connectivity index (χ3n) is 2.79. The van der Waals surface area contributed by atoms with E-state index < -0.39 is 0 Å². The number of carbonyl (C=O) groups excluding carboxylic acids is 1. The number of hydrogen-bond acceptors (Lipinski definition) is 2. The number of nitrogens with zero attached hydrogens (tertiary/aromatic N) is 1. The lowest BCUT2D eigenvalue weighted by Crippen LogP contribution is -2.43. The Balaban J connectivity index is 2.23. The fourth-order valence-electron chi connectivity index (χ4n) is 1.80. The van der Waals surface area contributed by atoms with E-state index in [0.717, 1.165) is 44.5 Å². The molecule has 1 fully saturated rings. The zero-order chi connectivity index (χ0) is 11.3. The molecular weight excluding hydrogens is 188 g/mol. The second-order valence-corrected chi connectivity index (χ2v) is 4.42. The molecule has 1 heterocycles. The monoisotopic (exact) mass is 210 g/mol. The van der Waals surface area contributed by atoms with Crippen molar-refractivity contribution in [3.05, 3.63) is 12.2 Å². The molecule has 0 aromatic heterocycles. The first-order valence-corrected chi connectivity index (χ1v) is 5.78. The van der Waals surface area contributed by atoms with Gasteiger partial charge in [0.25, 0.3) is 0 Å². The van der Waals surface area contributed by atoms with Crippen LogP contribution in [0.3, 0.4) is 0 Å². The van der Waals surface area contributed by atoms with Crippen molar-refractivity contribution in [2.75, 3.05) is 19.6 Å². The minimum absolute atomic E-state index is 0.0533. The lowest BCUT2D eigenvalue weighted by atomic mass is 10.2. The van der Waals surface area contributed by atoms with E-state index in [2.05, 4.69) is 11.9 Å². The molecule has 0 spiro atoms. The largest absolute Gasteiger partial charge is 0.341 e. The highest BCUT2D eigenvalue weighted by molar-refractivity contribution is 5.81. The highest BCUT2D eigenvalue weighted by atomic mass is 16.2. The fourth-order valence-corrected chi connectivity index (χ4v) is 1.80. The molecule has 3 heteroatoms. The molecule has 0 aromatic carbocycles. The molecule has 0 radical (unpaired) electrons. The van der Waals surface area contributed by atoms with E-state index in [9.17, 15) is 4.79 Å². The van der Waals surface area contributed by atoms with Crippen LogP contribution in [0.25, 0.3) is 0 Å². The van der Waals surface area contributed by atoms with Gasteiger partial charge >= 0.3 is 0 Å². The van der Waals surface area contributed by atoms with Crippen molar-refractivity contribution in [3.63, 3.8) is 0 Å². The zero-order valence-corrected chi connectivity index (χ0v) is 9.88. The van der Waals surface area contributed by atoms with E-state index >= 15 is 0 Å². The van der Waals surface area contributed by atoms with E-state index in [0.29, 0.717) is 0 Å². The normalized spacial score (nSPS) is 17.9. The van der Waals surface area contributed by atoms with Crippen LogP contribution in [0.2, 0.25) is 0 Å². The average molecular weight is 210 g/mol. The summed E-state index contributed by atoms with van der Waals surface area (Å²) < 4.78 is 0. The standard InChI is InChI=1S/C12H22N2O/c1-10(2)6-7-13-11(3)12(15)14-8-4-5-9-14/h11,13H,1,4-9H2,2-3H3. The summed E-state index contributed by atoms with van der Waals surface area (Å²) in [5.41, 5.74) is 1.16. The molecule has 3 nitrogen and oxygen atoms in total. The molecule has 0 bridgehead atoms. The van der Waals surface area contributed by atoms with Gasteiger partial charge < -0.3 is 10.2 Å². The minimum Gasteiger partial charge on any atom is -0.341 e. The molecule has 1 unspecified atom stereocenters. The summed E-state index contributed by atoms with van der Waals surface area (Å²) in [5, 5.41) is 3.24. The lowest BCUT2D eigenvalue weighted by Gasteiger charge is -2.21. The van der Waals surface area contributed by atoms with Crippen LogP contribution in [0.4, 0.5) is 0 Å². The minimum atomic E-state index is -0.0533. The summed E-state index contributed by atoms with van der Waals surface area (Å²) in [6, 6.07) is -0.0533. The average Bonchev–Trinajstić information content (AvgIpc) is 2.68. The summed E-state index contributed by atoms with van der Waals surface area (Å²) in [6.07, 6.45) is 3.26. The molecule has 0 aliphatic carbocycles. The van der Waals surface area contributed by atoms with Crippen molar-refractivity contribution in [2.24, 2.45) is 0 Å². The number of nitrogens with one attached hydrogen (secondary N) is 1. The first-order valence-electron chi connectivity index (χ1n) is 5.78. The van der Waals surface area contributed by atoms with E-state index in [1.165, 1.54) is 0 Å². The zero-order valence-electron chi connectivity index (χ0n) is 9.88. The van der Waals surface area contributed by atoms with Crippen LogP contribution in [0, 0.1) is 0 Å². The predicted octanol–water partition coefficient (Wildman–Crippen LogP) is 1.55. The fraction of sp³-hybridized carbons (Fsp3) is 0.750. The van der Waals surface area contributed by atoms with Crippen molar-refractivity contribution in [3.8, 4) is 0 Å². The third-order valence-corrected chi connectivity index (χ3v) is 2.79. The lowest BCUT2D eigenvalue weighted by molar-refractivity contribution is -0.131. The molecule has 1 aliphatic heterocycles. The van der Waals surface area contributed by atoms with Gasteiger partial charge in [-0.1, -0.05) is 5.57 Å². The molecule has 0 aromatic rings. The first kappa shape index (κ1) is 12.2. The number of carbonyl (C=O) groups is 1. The van der Waals surface area contributed by atoms with Gasteiger partial charge in [0.2, 0.25) is 5.91 Å². The van der Waals surface area contributed by atoms with E-state index in [4.69, 9.17) is 0 Å². The number of hydrogen-bond donors (Lipinski definition) is 1. The maximum absolute atomic E-state index is 11.9. The van der Waals surface area contributed by atoms with Crippen molar-refractivity contribution in [1.29, 1.82) is 0 Å². The summed E-state index contributed by atoms with van der Waals surface area (Å²) >= 11 is 0. The van der Waals surface area contributed by atoms with Crippen molar-refractivity contribution in [2.45, 2.75) is 39.2 Å². The molecule has 1 saturated heterocycles. The Morgan fingerprint density at radius 1 is 1.47 bits per heavy atom. The van der Waals surface area contributed by atoms with Gasteiger partial charge in [0.05, 0.1) is 6.04 Å². The Labute approximate surface area is 92.5 Å². The molecule has 1 rings (SSSR count). The van der Waals surface area contributed by atoms with Gasteiger partial charge in [-0.2, -0.15) is 0 Å². The van der Waals surface area contributed by atoms with Crippen LogP contribution < -0.4 is 5.32 Å². The summed E-state index contributed by atoms with van der Waals surface area (Å²) in [4.78, 5) is 13.8. The van der Waals surface area contributed by atoms with E-state index in [1.807, 2.05) is 18.7 Å². The van der Waals surface area contributed by atoms with Crippen LogP contribution in [-0.2, 0) is 4.79 Å². The van der Waals surface area contributed by atoms with Gasteiger partial charge in [0.1, 0.15) is 0 Å². The van der Waals surface area contributed by atoms with Crippen molar-refractivity contribution >= 4 is 5.91 Å². The molecule has 0 saturated carbocycles. The van der Waals surface area contributed by atoms with Gasteiger partial charge in [-0.15, -0.1) is 6.58 Å². The Morgan fingerprint density at radius 3 is 2.60 bits per heavy atom. The Bertz CT molecular complexity index is 232. The molecule has 86 valence electrons. The molecule has 1 atom stereocenters. The van der Waals surface area contributed by atoms with E-state index in [-0.39, 0.29) is 11.9 Å². The highest BCUT2D eigenvalue weighted by Crippen LogP contribution is 2.08. The van der Waals surface area contributed by atoms with Gasteiger partial charge in [0, 0.05) is 13.1 Å². The van der Waals surface area contributed by atoms with Crippen molar-refractivity contribution in [1.82, 2.24) is 10.2 Å². The summed E-state index contributed by atoms with van der Waals surface area (Å²) in [6.45, 7) is 10.5. The van der Waals surface area contributed by atoms with Gasteiger partial charge in [-0.3, -0.25) is 4.79 Å². The molecule has 1 amide bonds. The van der Waals surface area contributed by atoms with Crippen LogP contribution in [-0.4, -0.2) is 36.5 Å². The summed E-state index contributed by atoms with van der Waals surface area (Å²) in [5.74, 6) is 0.245. The molecular formula is C12H22N2O. The molecule has 15 heavy (non-hydrogen) atoms. The van der Waals surface area contributed by atoms with Crippen molar-refractivity contribution < 1.29 is 4.79 Å². The van der Waals surface area contributed by atoms with Gasteiger partial charge in [0.15, 0.2) is 0 Å². The van der Waals surface area contributed by atoms with Crippen LogP contribution in [0.15, 0.2) is 12.2 Å². The maximum Gasteiger partial charge on any atom is 0.239 e. The first-order chi connectivity index (χ1) is 7.11. The van der Waals surface area contributed by atoms with Crippen LogP contribution in [0.1, 0.15) is 33.1 Å². The topological polar surface area (TPSA) is 32.3 Å². The van der Waals surface area contributed by atoms with Gasteiger partial charge in [-0.25, -0.2) is 0 Å². The maximum atomic E-state index is 11.9. The molecule has 1 aliphatic rings. The van der Waals surface area contributed by atoms with E-state index in [1.54, 1.807) is 0 Å². The molecule has 1 N–H and O–H groups in total. The Hall–Kier alpha value is -0.830. The predicted molar refractivity (Wildman–Crippen MR) is 62.7 cm³/mol. The quantitative estimate of drug-likeness (QED) is 0.698. The third kappa shape index (κ3) is 4.04. The Morgan fingerprint density at radius 2 is 2.07 bits per heavy atom. The number of rotatable bonds is 5. The number of likely N-dealkylation sites (tertiary alicyclic amines) is 1. The SMILES string of the molecule is C=C(C)CCNC(C)C(=O)N1CCCC1. The highest BCUT2D eigenvalue weighted by Gasteiger charge is 2.22. The summed E-state index contributed by atoms with van der Waals surface area (Å²) in [7, 11) is 0. The van der Waals surface area contributed by atoms with Gasteiger partial charge in [-0.05, 0) is 39.7 Å². The van der Waals surface area contributed by atoms with Crippen LogP contribution >= 0.6 is 0 Å². The second-order valence-electron chi connectivity index (χ2n) is 4.42. The second kappa shape index (κ2) is 5.91. The van der Waals surface area contributed by atoms with Crippen LogP contribution in [0.5, 0.6) is 0 Å².